The number of nitrogens with one attached hydrogen (secondary N) is 1. The van der Waals surface area contributed by atoms with Crippen LogP contribution in [-0.4, -0.2) is 34.7 Å². The molecule has 0 atom stereocenters. The summed E-state index contributed by atoms with van der Waals surface area (Å²) in [6, 6.07) is 0. The lowest BCUT2D eigenvalue weighted by Crippen LogP contribution is -2.53. The molecule has 0 aromatic carbocycles. The van der Waals surface area contributed by atoms with Crippen LogP contribution in [0.2, 0.25) is 0 Å². The summed E-state index contributed by atoms with van der Waals surface area (Å²) in [4.78, 5) is 43.7. The normalized spacial score (nSPS) is 10.3. The van der Waals surface area contributed by atoms with E-state index < -0.39 is 36.0 Å². The molecule has 9 nitrogen and oxygen atoms in total. The number of ether oxygens (including phenoxy) is 2. The highest BCUT2D eigenvalue weighted by molar-refractivity contribution is 5.92. The first-order valence-electron chi connectivity index (χ1n) is 4.35. The van der Waals surface area contributed by atoms with Gasteiger partial charge in [-0.3, -0.25) is 24.4 Å². The Balaban J connectivity index is 5.22. The second kappa shape index (κ2) is 5.80. The van der Waals surface area contributed by atoms with Gasteiger partial charge < -0.3 is 15.2 Å². The number of hydroxylamine groups is 1. The maximum Gasteiger partial charge on any atom is 0.344 e. The number of nitrogens with two attached hydrogens (primary N) is 1. The molecule has 0 spiro atoms. The van der Waals surface area contributed by atoms with Crippen molar-refractivity contribution in [1.82, 2.24) is 5.48 Å². The van der Waals surface area contributed by atoms with E-state index in [9.17, 15) is 19.2 Å². The lowest BCUT2D eigenvalue weighted by Gasteiger charge is -2.27. The van der Waals surface area contributed by atoms with Gasteiger partial charge in [0.05, 0.1) is 0 Å². The Morgan fingerprint density at radius 3 is 1.82 bits per heavy atom. The molecule has 17 heavy (non-hydrogen) atoms. The van der Waals surface area contributed by atoms with Gasteiger partial charge in [0.2, 0.25) is 0 Å². The maximum atomic E-state index is 11.1. The van der Waals surface area contributed by atoms with Crippen LogP contribution in [-0.2, 0) is 28.7 Å². The van der Waals surface area contributed by atoms with E-state index in [4.69, 9.17) is 10.9 Å². The first kappa shape index (κ1) is 14.8. The van der Waals surface area contributed by atoms with Gasteiger partial charge in [-0.2, -0.15) is 0 Å². The van der Waals surface area contributed by atoms with Gasteiger partial charge in [0.1, 0.15) is 6.42 Å². The smallest absolute Gasteiger partial charge is 0.344 e. The van der Waals surface area contributed by atoms with Gasteiger partial charge in [-0.15, -0.1) is 0 Å². The first-order valence-corrected chi connectivity index (χ1v) is 4.35. The van der Waals surface area contributed by atoms with Crippen LogP contribution in [0.5, 0.6) is 0 Å². The summed E-state index contributed by atoms with van der Waals surface area (Å²) in [5.74, 6) is -7.02. The molecular weight excluding hydrogens is 236 g/mol. The molecule has 2 amide bonds. The lowest BCUT2D eigenvalue weighted by molar-refractivity contribution is -0.225. The van der Waals surface area contributed by atoms with Crippen LogP contribution in [0.4, 0.5) is 0 Å². The Labute approximate surface area is 95.8 Å². The number of esters is 2. The summed E-state index contributed by atoms with van der Waals surface area (Å²) in [5.41, 5.74) is 6.11. The number of primary amides is 1. The van der Waals surface area contributed by atoms with Gasteiger partial charge in [-0.05, 0) is 0 Å². The van der Waals surface area contributed by atoms with E-state index in [0.717, 1.165) is 13.8 Å². The van der Waals surface area contributed by atoms with Crippen molar-refractivity contribution in [2.24, 2.45) is 5.73 Å². The molecule has 0 saturated carbocycles. The van der Waals surface area contributed by atoms with Crippen molar-refractivity contribution in [3.63, 3.8) is 0 Å². The third-order valence-electron chi connectivity index (χ3n) is 1.51. The van der Waals surface area contributed by atoms with Gasteiger partial charge in [0.25, 0.3) is 5.91 Å². The summed E-state index contributed by atoms with van der Waals surface area (Å²) in [6.07, 6.45) is -0.946. The Morgan fingerprint density at radius 2 is 1.59 bits per heavy atom. The van der Waals surface area contributed by atoms with Crippen LogP contribution in [0.3, 0.4) is 0 Å². The second-order valence-electron chi connectivity index (χ2n) is 3.02. The first-order chi connectivity index (χ1) is 7.73. The predicted molar refractivity (Wildman–Crippen MR) is 50.0 cm³/mol. The van der Waals surface area contributed by atoms with Crippen molar-refractivity contribution in [3.8, 4) is 0 Å². The molecule has 0 aromatic rings. The summed E-state index contributed by atoms with van der Waals surface area (Å²) in [7, 11) is 0. The third kappa shape index (κ3) is 4.47. The van der Waals surface area contributed by atoms with Gasteiger partial charge in [-0.25, -0.2) is 5.48 Å². The van der Waals surface area contributed by atoms with Crippen LogP contribution in [0.1, 0.15) is 20.3 Å². The van der Waals surface area contributed by atoms with Crippen LogP contribution >= 0.6 is 0 Å². The average molecular weight is 248 g/mol. The van der Waals surface area contributed by atoms with E-state index >= 15 is 0 Å². The summed E-state index contributed by atoms with van der Waals surface area (Å²) in [6.45, 7) is 1.86. The number of amides is 2. The van der Waals surface area contributed by atoms with E-state index in [1.54, 1.807) is 0 Å². The molecule has 0 fully saturated rings. The molecule has 0 unspecified atom stereocenters. The van der Waals surface area contributed by atoms with Crippen molar-refractivity contribution in [2.75, 3.05) is 0 Å². The largest absolute Gasteiger partial charge is 0.413 e. The molecule has 96 valence electrons. The van der Waals surface area contributed by atoms with Gasteiger partial charge in [-0.1, -0.05) is 0 Å². The van der Waals surface area contributed by atoms with Gasteiger partial charge in [0.15, 0.2) is 0 Å². The maximum absolute atomic E-state index is 11.1. The molecule has 4 N–H and O–H groups in total. The Morgan fingerprint density at radius 1 is 1.18 bits per heavy atom. The van der Waals surface area contributed by atoms with Crippen molar-refractivity contribution in [2.45, 2.75) is 26.1 Å². The summed E-state index contributed by atoms with van der Waals surface area (Å²) in [5, 5.41) is 8.32. The van der Waals surface area contributed by atoms with Crippen molar-refractivity contribution in [1.29, 1.82) is 0 Å². The topological polar surface area (TPSA) is 145 Å². The Bertz CT molecular complexity index is 336. The molecule has 0 saturated heterocycles. The fraction of sp³-hybridized carbons (Fsp3) is 0.500. The minimum atomic E-state index is -2.56. The van der Waals surface area contributed by atoms with E-state index in [0.29, 0.717) is 0 Å². The highest BCUT2D eigenvalue weighted by Crippen LogP contribution is 2.19. The monoisotopic (exact) mass is 248 g/mol. The molecule has 0 radical (unpaired) electrons. The number of rotatable bonds is 5. The molecule has 0 heterocycles. The number of carbonyl (C=O) groups excluding carboxylic acids is 4. The van der Waals surface area contributed by atoms with Crippen LogP contribution in [0.25, 0.3) is 0 Å². The molecule has 0 aromatic heterocycles. The molecule has 0 aliphatic rings. The van der Waals surface area contributed by atoms with E-state index in [1.807, 2.05) is 0 Å². The highest BCUT2D eigenvalue weighted by Gasteiger charge is 2.46. The standard InChI is InChI=1S/C8H12N2O7/c1-4(11)16-8(7(9)14,17-5(2)12)3-6(13)10-15/h15H,3H2,1-2H3,(H2,9,14)(H,10,13). The molecule has 9 heteroatoms. The van der Waals surface area contributed by atoms with Crippen molar-refractivity contribution in [3.05, 3.63) is 0 Å². The fourth-order valence-electron chi connectivity index (χ4n) is 0.996. The quantitative estimate of drug-likeness (QED) is 0.225. The zero-order valence-corrected chi connectivity index (χ0v) is 9.18. The van der Waals surface area contributed by atoms with E-state index in [1.165, 1.54) is 5.48 Å². The fourth-order valence-corrected chi connectivity index (χ4v) is 0.996. The average Bonchev–Trinajstić information content (AvgIpc) is 2.14. The van der Waals surface area contributed by atoms with Gasteiger partial charge in [0, 0.05) is 13.8 Å². The zero-order chi connectivity index (χ0) is 13.6. The van der Waals surface area contributed by atoms with E-state index in [2.05, 4.69) is 9.47 Å². The minimum absolute atomic E-state index is 0.929. The number of hydrogen-bond donors (Lipinski definition) is 3. The second-order valence-corrected chi connectivity index (χ2v) is 3.02. The Kier molecular flexibility index (Phi) is 5.06. The SMILES string of the molecule is CC(=O)OC(CC(=O)NO)(OC(C)=O)C(N)=O. The molecule has 0 bridgehead atoms. The Hall–Kier alpha value is -2.16. The van der Waals surface area contributed by atoms with Crippen LogP contribution in [0, 0.1) is 0 Å². The number of hydrogen-bond acceptors (Lipinski definition) is 7. The minimum Gasteiger partial charge on any atom is -0.413 e. The van der Waals surface area contributed by atoms with Crippen molar-refractivity contribution < 1.29 is 33.9 Å². The molecule has 0 aliphatic carbocycles. The summed E-state index contributed by atoms with van der Waals surface area (Å²) >= 11 is 0. The third-order valence-corrected chi connectivity index (χ3v) is 1.51. The molecule has 0 aliphatic heterocycles. The summed E-state index contributed by atoms with van der Waals surface area (Å²) < 4.78 is 8.91. The predicted octanol–water partition coefficient (Wildman–Crippen LogP) is -1.81. The van der Waals surface area contributed by atoms with Gasteiger partial charge >= 0.3 is 23.6 Å². The van der Waals surface area contributed by atoms with Crippen molar-refractivity contribution >= 4 is 23.8 Å². The van der Waals surface area contributed by atoms with Crippen LogP contribution < -0.4 is 11.2 Å². The highest BCUT2D eigenvalue weighted by atomic mass is 16.7. The zero-order valence-electron chi connectivity index (χ0n) is 9.18. The molecular formula is C8H12N2O7. The van der Waals surface area contributed by atoms with Crippen LogP contribution in [0.15, 0.2) is 0 Å². The molecule has 0 rings (SSSR count). The van der Waals surface area contributed by atoms with E-state index in [-0.39, 0.29) is 0 Å². The number of carbonyl (C=O) groups is 4. The lowest BCUT2D eigenvalue weighted by atomic mass is 10.1.